The van der Waals surface area contributed by atoms with Gasteiger partial charge in [0.25, 0.3) is 11.8 Å². The van der Waals surface area contributed by atoms with E-state index in [-0.39, 0.29) is 17.6 Å². The minimum absolute atomic E-state index is 0.0427. The molecule has 2 aromatic carbocycles. The molecule has 164 valence electrons. The van der Waals surface area contributed by atoms with Crippen LogP contribution in [0.4, 0.5) is 0 Å². The van der Waals surface area contributed by atoms with Gasteiger partial charge in [-0.25, -0.2) is 0 Å². The average Bonchev–Trinajstić information content (AvgIpc) is 2.97. The number of carbonyl (C=O) groups excluding carboxylic acids is 2. The van der Waals surface area contributed by atoms with Crippen LogP contribution in [0.2, 0.25) is 18.1 Å². The van der Waals surface area contributed by atoms with E-state index in [1.54, 1.807) is 24.3 Å². The molecule has 1 aliphatic rings. The van der Waals surface area contributed by atoms with E-state index < -0.39 is 20.1 Å². The van der Waals surface area contributed by atoms with Gasteiger partial charge in [-0.05, 0) is 48.3 Å². The maximum Gasteiger partial charge on any atom is 0.285 e. The van der Waals surface area contributed by atoms with Crippen molar-refractivity contribution < 1.29 is 18.9 Å². The van der Waals surface area contributed by atoms with Crippen LogP contribution in [0.3, 0.4) is 0 Å². The Labute approximate surface area is 185 Å². The number of carbonyl (C=O) groups is 2. The standard InChI is InChI=1S/C25H31NO4Si/c1-25(2,3)31(4,5)30-18-16-20(19-11-7-6-8-12-19)15-17-29-26-23(27)21-13-9-10-14-22(21)24(26)28/h6-14,16,18,20H,15,17H2,1-5H3/b18-16-. The van der Waals surface area contributed by atoms with Crippen LogP contribution in [0.25, 0.3) is 0 Å². The van der Waals surface area contributed by atoms with Crippen molar-refractivity contribution >= 4 is 20.1 Å². The Morgan fingerprint density at radius 2 is 1.48 bits per heavy atom. The van der Waals surface area contributed by atoms with Crippen LogP contribution < -0.4 is 0 Å². The van der Waals surface area contributed by atoms with Gasteiger partial charge >= 0.3 is 0 Å². The Bertz CT molecular complexity index is 928. The molecule has 3 rings (SSSR count). The van der Waals surface area contributed by atoms with Crippen molar-refractivity contribution in [2.45, 2.75) is 51.2 Å². The lowest BCUT2D eigenvalue weighted by Crippen LogP contribution is -2.39. The maximum atomic E-state index is 12.5. The first-order valence-corrected chi connectivity index (χ1v) is 13.5. The van der Waals surface area contributed by atoms with Crippen molar-refractivity contribution in [3.05, 3.63) is 83.6 Å². The Balaban J connectivity index is 1.66. The van der Waals surface area contributed by atoms with Crippen molar-refractivity contribution in [3.8, 4) is 0 Å². The second-order valence-electron chi connectivity index (χ2n) is 9.30. The fourth-order valence-corrected chi connectivity index (χ4v) is 3.88. The van der Waals surface area contributed by atoms with E-state index in [4.69, 9.17) is 9.26 Å². The van der Waals surface area contributed by atoms with Crippen molar-refractivity contribution in [1.29, 1.82) is 0 Å². The highest BCUT2D eigenvalue weighted by atomic mass is 28.4. The zero-order valence-electron chi connectivity index (χ0n) is 18.9. The van der Waals surface area contributed by atoms with Crippen LogP contribution in [0.1, 0.15) is 59.4 Å². The summed E-state index contributed by atoms with van der Waals surface area (Å²) < 4.78 is 6.20. The van der Waals surface area contributed by atoms with Crippen molar-refractivity contribution in [2.75, 3.05) is 6.61 Å². The predicted molar refractivity (Wildman–Crippen MR) is 124 cm³/mol. The Kier molecular flexibility index (Phi) is 6.82. The van der Waals surface area contributed by atoms with Gasteiger partial charge in [0.1, 0.15) is 0 Å². The molecular weight excluding hydrogens is 406 g/mol. The molecule has 0 spiro atoms. The predicted octanol–water partition coefficient (Wildman–Crippen LogP) is 5.92. The summed E-state index contributed by atoms with van der Waals surface area (Å²) in [4.78, 5) is 30.6. The van der Waals surface area contributed by atoms with Crippen molar-refractivity contribution in [3.63, 3.8) is 0 Å². The third-order valence-electron chi connectivity index (χ3n) is 6.11. The van der Waals surface area contributed by atoms with Crippen LogP contribution >= 0.6 is 0 Å². The summed E-state index contributed by atoms with van der Waals surface area (Å²) in [6.45, 7) is 11.3. The second-order valence-corrected chi connectivity index (χ2v) is 14.1. The summed E-state index contributed by atoms with van der Waals surface area (Å²) in [5.74, 6) is -0.775. The molecule has 2 aromatic rings. The molecule has 2 amide bonds. The number of hydrogen-bond acceptors (Lipinski definition) is 4. The lowest BCUT2D eigenvalue weighted by atomic mass is 9.96. The number of imide groups is 1. The SMILES string of the molecule is CC(C)(C)[Si](C)(C)O/C=C\C(CCON1C(=O)c2ccccc2C1=O)c1ccccc1. The zero-order chi connectivity index (χ0) is 22.6. The van der Waals surface area contributed by atoms with E-state index in [1.807, 2.05) is 30.5 Å². The molecule has 31 heavy (non-hydrogen) atoms. The monoisotopic (exact) mass is 437 g/mol. The summed E-state index contributed by atoms with van der Waals surface area (Å²) in [5.41, 5.74) is 1.90. The molecule has 0 saturated carbocycles. The highest BCUT2D eigenvalue weighted by Gasteiger charge is 2.38. The third-order valence-corrected chi connectivity index (χ3v) is 10.5. The van der Waals surface area contributed by atoms with Gasteiger partial charge in [0.15, 0.2) is 0 Å². The molecule has 1 aliphatic heterocycles. The summed E-state index contributed by atoms with van der Waals surface area (Å²) in [7, 11) is -1.90. The minimum Gasteiger partial charge on any atom is -0.549 e. The summed E-state index contributed by atoms with van der Waals surface area (Å²) >= 11 is 0. The second kappa shape index (κ2) is 9.20. The number of allylic oxidation sites excluding steroid dienone is 1. The number of fused-ring (bicyclic) bond motifs is 1. The third kappa shape index (κ3) is 5.14. The molecular formula is C25H31NO4Si. The molecule has 0 N–H and O–H groups in total. The molecule has 0 aliphatic carbocycles. The Hall–Kier alpha value is -2.70. The molecule has 0 fully saturated rings. The van der Waals surface area contributed by atoms with E-state index >= 15 is 0 Å². The average molecular weight is 438 g/mol. The van der Waals surface area contributed by atoms with Crippen LogP contribution in [-0.4, -0.2) is 31.8 Å². The van der Waals surface area contributed by atoms with Crippen LogP contribution in [0, 0.1) is 0 Å². The number of amides is 2. The summed E-state index contributed by atoms with van der Waals surface area (Å²) in [5, 5.41) is 0.997. The summed E-state index contributed by atoms with van der Waals surface area (Å²) in [6, 6.07) is 16.9. The first-order chi connectivity index (χ1) is 14.6. The first-order valence-electron chi connectivity index (χ1n) is 10.6. The highest BCUT2D eigenvalue weighted by Crippen LogP contribution is 2.37. The Morgan fingerprint density at radius 1 is 0.935 bits per heavy atom. The van der Waals surface area contributed by atoms with Gasteiger partial charge in [0.05, 0.1) is 24.0 Å². The van der Waals surface area contributed by atoms with Crippen molar-refractivity contribution in [1.82, 2.24) is 5.06 Å². The number of hydrogen-bond donors (Lipinski definition) is 0. The molecule has 0 bridgehead atoms. The molecule has 6 heteroatoms. The molecule has 5 nitrogen and oxygen atoms in total. The molecule has 0 saturated heterocycles. The van der Waals surface area contributed by atoms with E-state index in [0.717, 1.165) is 10.6 Å². The molecule has 0 radical (unpaired) electrons. The lowest BCUT2D eigenvalue weighted by molar-refractivity contribution is -0.0925. The minimum atomic E-state index is -1.90. The largest absolute Gasteiger partial charge is 0.549 e. The van der Waals surface area contributed by atoms with E-state index in [1.165, 1.54) is 0 Å². The molecule has 1 atom stereocenters. The zero-order valence-corrected chi connectivity index (χ0v) is 19.9. The van der Waals surface area contributed by atoms with E-state index in [0.29, 0.717) is 17.5 Å². The Morgan fingerprint density at radius 3 is 2.03 bits per heavy atom. The fraction of sp³-hybridized carbons (Fsp3) is 0.360. The fourth-order valence-electron chi connectivity index (χ4n) is 3.11. The lowest BCUT2D eigenvalue weighted by Gasteiger charge is -2.35. The van der Waals surface area contributed by atoms with Gasteiger partial charge in [-0.3, -0.25) is 14.4 Å². The van der Waals surface area contributed by atoms with Gasteiger partial charge in [0.2, 0.25) is 8.32 Å². The van der Waals surface area contributed by atoms with Gasteiger partial charge in [-0.15, -0.1) is 5.06 Å². The number of benzene rings is 2. The van der Waals surface area contributed by atoms with E-state index in [9.17, 15) is 9.59 Å². The van der Waals surface area contributed by atoms with Gasteiger partial charge in [-0.2, -0.15) is 0 Å². The number of hydroxylamine groups is 2. The highest BCUT2D eigenvalue weighted by molar-refractivity contribution is 6.74. The van der Waals surface area contributed by atoms with Gasteiger partial charge < -0.3 is 4.43 Å². The van der Waals surface area contributed by atoms with E-state index in [2.05, 4.69) is 46.0 Å². The first kappa shape index (κ1) is 23.0. The molecule has 1 heterocycles. The molecule has 0 aromatic heterocycles. The topological polar surface area (TPSA) is 55.8 Å². The van der Waals surface area contributed by atoms with Gasteiger partial charge in [-0.1, -0.05) is 63.2 Å². The maximum absolute atomic E-state index is 12.5. The normalized spacial score (nSPS) is 15.5. The quantitative estimate of drug-likeness (QED) is 0.292. The van der Waals surface area contributed by atoms with Crippen LogP contribution in [0.15, 0.2) is 66.9 Å². The van der Waals surface area contributed by atoms with Crippen LogP contribution in [-0.2, 0) is 9.26 Å². The number of nitrogens with zero attached hydrogens (tertiary/aromatic N) is 1. The van der Waals surface area contributed by atoms with Crippen molar-refractivity contribution in [2.24, 2.45) is 0 Å². The number of rotatable bonds is 8. The smallest absolute Gasteiger partial charge is 0.285 e. The van der Waals surface area contributed by atoms with Gasteiger partial charge in [0, 0.05) is 5.92 Å². The molecule has 1 unspecified atom stereocenters. The summed E-state index contributed by atoms with van der Waals surface area (Å²) in [6.07, 6.45) is 4.47. The van der Waals surface area contributed by atoms with Crippen LogP contribution in [0.5, 0.6) is 0 Å².